The van der Waals surface area contributed by atoms with Crippen molar-refractivity contribution in [1.29, 1.82) is 0 Å². The number of thiophene rings is 1. The van der Waals surface area contributed by atoms with E-state index in [4.69, 9.17) is 9.15 Å². The minimum atomic E-state index is -0.550. The number of hydrogen-bond acceptors (Lipinski definition) is 5. The normalized spacial score (nSPS) is 10.6. The highest BCUT2D eigenvalue weighted by Crippen LogP contribution is 2.30. The molecule has 2 N–H and O–H groups in total. The summed E-state index contributed by atoms with van der Waals surface area (Å²) in [6, 6.07) is 16.3. The molecule has 0 fully saturated rings. The maximum atomic E-state index is 12.8. The summed E-state index contributed by atoms with van der Waals surface area (Å²) in [6.07, 6.45) is 3.75. The van der Waals surface area contributed by atoms with E-state index in [1.807, 2.05) is 73.3 Å². The van der Waals surface area contributed by atoms with Crippen molar-refractivity contribution in [3.63, 3.8) is 0 Å². The predicted molar refractivity (Wildman–Crippen MR) is 118 cm³/mol. The number of carbonyl (C=O) groups excluding carboxylic acids is 2. The SMILES string of the molecule is Cc1sc(-n2cccc2)c(C(=O)NNC(=O)c2ccc(COc3ccccc3)o2)c1C. The maximum Gasteiger partial charge on any atom is 0.305 e. The molecule has 3 aromatic heterocycles. The van der Waals surface area contributed by atoms with Gasteiger partial charge in [-0.2, -0.15) is 0 Å². The van der Waals surface area contributed by atoms with Crippen LogP contribution in [-0.4, -0.2) is 16.4 Å². The number of furan rings is 1. The molecule has 0 saturated heterocycles. The van der Waals surface area contributed by atoms with E-state index in [0.29, 0.717) is 17.1 Å². The zero-order valence-corrected chi connectivity index (χ0v) is 17.9. The first kappa shape index (κ1) is 20.5. The molecule has 0 unspecified atom stereocenters. The number of amides is 2. The third kappa shape index (κ3) is 4.54. The van der Waals surface area contributed by atoms with E-state index in [-0.39, 0.29) is 12.4 Å². The quantitative estimate of drug-likeness (QED) is 0.440. The fraction of sp³-hybridized carbons (Fsp3) is 0.130. The van der Waals surface area contributed by atoms with Gasteiger partial charge in [-0.25, -0.2) is 0 Å². The molecule has 31 heavy (non-hydrogen) atoms. The van der Waals surface area contributed by atoms with Crippen molar-refractivity contribution in [3.05, 3.63) is 94.5 Å². The fourth-order valence-electron chi connectivity index (χ4n) is 3.01. The summed E-state index contributed by atoms with van der Waals surface area (Å²) in [5.74, 6) is 0.344. The third-order valence-electron chi connectivity index (χ3n) is 4.73. The molecule has 8 heteroatoms. The van der Waals surface area contributed by atoms with Crippen molar-refractivity contribution in [2.75, 3.05) is 0 Å². The van der Waals surface area contributed by atoms with E-state index in [1.54, 1.807) is 6.07 Å². The molecule has 2 amide bonds. The first-order valence-electron chi connectivity index (χ1n) is 9.63. The highest BCUT2D eigenvalue weighted by atomic mass is 32.1. The summed E-state index contributed by atoms with van der Waals surface area (Å²) in [4.78, 5) is 26.3. The lowest BCUT2D eigenvalue weighted by molar-refractivity contribution is 0.0828. The van der Waals surface area contributed by atoms with E-state index in [9.17, 15) is 9.59 Å². The molecule has 0 aliphatic carbocycles. The van der Waals surface area contributed by atoms with Gasteiger partial charge < -0.3 is 13.7 Å². The van der Waals surface area contributed by atoms with Crippen LogP contribution in [0.1, 0.15) is 37.1 Å². The van der Waals surface area contributed by atoms with Crippen LogP contribution in [-0.2, 0) is 6.61 Å². The van der Waals surface area contributed by atoms with Gasteiger partial charge in [0.2, 0.25) is 0 Å². The van der Waals surface area contributed by atoms with Crippen molar-refractivity contribution in [2.45, 2.75) is 20.5 Å². The van der Waals surface area contributed by atoms with Crippen molar-refractivity contribution in [1.82, 2.24) is 15.4 Å². The number of hydrogen-bond donors (Lipinski definition) is 2. The Bertz CT molecular complexity index is 1190. The highest BCUT2D eigenvalue weighted by Gasteiger charge is 2.21. The smallest absolute Gasteiger partial charge is 0.305 e. The van der Waals surface area contributed by atoms with Gasteiger partial charge in [0, 0.05) is 17.3 Å². The molecule has 7 nitrogen and oxygen atoms in total. The Kier molecular flexibility index (Phi) is 5.90. The largest absolute Gasteiger partial charge is 0.486 e. The second kappa shape index (κ2) is 8.93. The van der Waals surface area contributed by atoms with Gasteiger partial charge in [-0.15, -0.1) is 11.3 Å². The van der Waals surface area contributed by atoms with Gasteiger partial charge >= 0.3 is 5.91 Å². The number of aryl methyl sites for hydroxylation is 1. The number of carbonyl (C=O) groups is 2. The number of benzene rings is 1. The van der Waals surface area contributed by atoms with Crippen LogP contribution in [0.15, 0.2) is 71.4 Å². The highest BCUT2D eigenvalue weighted by molar-refractivity contribution is 7.15. The molecule has 4 aromatic rings. The van der Waals surface area contributed by atoms with Crippen molar-refractivity contribution in [3.8, 4) is 10.8 Å². The van der Waals surface area contributed by atoms with Crippen LogP contribution in [0.5, 0.6) is 5.75 Å². The second-order valence-electron chi connectivity index (χ2n) is 6.83. The number of rotatable bonds is 6. The Labute approximate surface area is 183 Å². The van der Waals surface area contributed by atoms with Crippen molar-refractivity contribution >= 4 is 23.2 Å². The molecular weight excluding hydrogens is 414 g/mol. The third-order valence-corrected chi connectivity index (χ3v) is 5.95. The molecule has 1 aromatic carbocycles. The lowest BCUT2D eigenvalue weighted by Gasteiger charge is -2.09. The fourth-order valence-corrected chi connectivity index (χ4v) is 4.13. The number of nitrogens with zero attached hydrogens (tertiary/aromatic N) is 1. The van der Waals surface area contributed by atoms with Crippen LogP contribution in [0.25, 0.3) is 5.00 Å². The molecule has 158 valence electrons. The number of nitrogens with one attached hydrogen (secondary N) is 2. The Hall–Kier alpha value is -3.78. The number of ether oxygens (including phenoxy) is 1. The Morgan fingerprint density at radius 2 is 1.68 bits per heavy atom. The summed E-state index contributed by atoms with van der Waals surface area (Å²) < 4.78 is 13.0. The molecule has 0 radical (unpaired) electrons. The van der Waals surface area contributed by atoms with E-state index >= 15 is 0 Å². The first-order valence-corrected chi connectivity index (χ1v) is 10.4. The average Bonchev–Trinajstić information content (AvgIpc) is 3.53. The summed E-state index contributed by atoms with van der Waals surface area (Å²) in [7, 11) is 0. The van der Waals surface area contributed by atoms with Gasteiger partial charge in [0.1, 0.15) is 23.1 Å². The van der Waals surface area contributed by atoms with Gasteiger partial charge in [0.05, 0.1) is 5.56 Å². The van der Waals surface area contributed by atoms with Gasteiger partial charge in [-0.3, -0.25) is 20.4 Å². The lowest BCUT2D eigenvalue weighted by Crippen LogP contribution is -2.41. The zero-order chi connectivity index (χ0) is 21.8. The minimum absolute atomic E-state index is 0.0795. The van der Waals surface area contributed by atoms with E-state index in [2.05, 4.69) is 10.9 Å². The van der Waals surface area contributed by atoms with Crippen LogP contribution in [0, 0.1) is 13.8 Å². The average molecular weight is 436 g/mol. The molecule has 0 bridgehead atoms. The summed E-state index contributed by atoms with van der Waals surface area (Å²) in [5, 5.41) is 0.796. The molecule has 4 rings (SSSR count). The Morgan fingerprint density at radius 1 is 0.968 bits per heavy atom. The number of hydrazine groups is 1. The zero-order valence-electron chi connectivity index (χ0n) is 17.0. The maximum absolute atomic E-state index is 12.8. The summed E-state index contributed by atoms with van der Waals surface area (Å²) in [5.41, 5.74) is 6.30. The van der Waals surface area contributed by atoms with E-state index < -0.39 is 11.8 Å². The van der Waals surface area contributed by atoms with Crippen LogP contribution < -0.4 is 15.6 Å². The van der Waals surface area contributed by atoms with Crippen molar-refractivity contribution in [2.24, 2.45) is 0 Å². The van der Waals surface area contributed by atoms with E-state index in [1.165, 1.54) is 17.4 Å². The summed E-state index contributed by atoms with van der Waals surface area (Å²) >= 11 is 1.52. The van der Waals surface area contributed by atoms with Crippen LogP contribution in [0.2, 0.25) is 0 Å². The lowest BCUT2D eigenvalue weighted by atomic mass is 10.1. The second-order valence-corrected chi connectivity index (χ2v) is 8.03. The van der Waals surface area contributed by atoms with E-state index in [0.717, 1.165) is 15.4 Å². The van der Waals surface area contributed by atoms with Gasteiger partial charge in [-0.1, -0.05) is 18.2 Å². The van der Waals surface area contributed by atoms with Gasteiger partial charge in [-0.05, 0) is 55.8 Å². The van der Waals surface area contributed by atoms with Gasteiger partial charge in [0.25, 0.3) is 5.91 Å². The van der Waals surface area contributed by atoms with Crippen LogP contribution >= 0.6 is 11.3 Å². The Balaban J connectivity index is 1.38. The van der Waals surface area contributed by atoms with Crippen LogP contribution in [0.4, 0.5) is 0 Å². The molecule has 0 saturated carbocycles. The number of para-hydroxylation sites is 1. The molecule has 0 aliphatic heterocycles. The van der Waals surface area contributed by atoms with Crippen molar-refractivity contribution < 1.29 is 18.7 Å². The Morgan fingerprint density at radius 3 is 2.42 bits per heavy atom. The summed E-state index contributed by atoms with van der Waals surface area (Å²) in [6.45, 7) is 4.04. The van der Waals surface area contributed by atoms with Gasteiger partial charge in [0.15, 0.2) is 5.76 Å². The monoisotopic (exact) mass is 435 g/mol. The topological polar surface area (TPSA) is 85.5 Å². The van der Waals surface area contributed by atoms with Crippen LogP contribution in [0.3, 0.4) is 0 Å². The standard InChI is InChI=1S/C23H21N3O4S/c1-15-16(2)31-23(26-12-6-7-13-26)20(15)22(28)25-24-21(27)19-11-10-18(30-19)14-29-17-8-4-3-5-9-17/h3-13H,14H2,1-2H3,(H,24,27)(H,25,28). The molecule has 3 heterocycles. The predicted octanol–water partition coefficient (Wildman–Crippen LogP) is 4.40. The molecule has 0 atom stereocenters. The molecule has 0 spiro atoms. The first-order chi connectivity index (χ1) is 15.0. The molecular formula is C23H21N3O4S. The minimum Gasteiger partial charge on any atom is -0.486 e. The molecule has 0 aliphatic rings. The number of aromatic nitrogens is 1.